The lowest BCUT2D eigenvalue weighted by atomic mass is 9.44. The number of fused-ring (bicyclic) bond motifs is 5. The number of hydrogen-bond donors (Lipinski definition) is 2. The van der Waals surface area contributed by atoms with Crippen molar-refractivity contribution in [2.45, 2.75) is 71.3 Å². The molecule has 0 aromatic rings. The molecule has 4 nitrogen and oxygen atoms in total. The van der Waals surface area contributed by atoms with Crippen LogP contribution in [0.3, 0.4) is 0 Å². The molecule has 0 bridgehead atoms. The van der Waals surface area contributed by atoms with Crippen LogP contribution >= 0.6 is 0 Å². The normalized spacial score (nSPS) is 52.2. The lowest BCUT2D eigenvalue weighted by Gasteiger charge is -2.61. The molecule has 4 heteroatoms. The highest BCUT2D eigenvalue weighted by atomic mass is 16.4. The molecule has 0 radical (unpaired) electrons. The average Bonchev–Trinajstić information content (AvgIpc) is 2.93. The van der Waals surface area contributed by atoms with Crippen molar-refractivity contribution in [2.24, 2.45) is 40.4 Å². The molecule has 8 atom stereocenters. The fraction of sp³-hybridized carbons (Fsp3) is 0.905. The van der Waals surface area contributed by atoms with Crippen LogP contribution in [0.5, 0.6) is 0 Å². The highest BCUT2D eigenvalue weighted by Crippen LogP contribution is 2.67. The molecule has 4 aliphatic rings. The standard InChI is InChI=1S/C21H33NO3/c1-20-11-9-17(23)18(22-3)15(20)5-4-12-13-6-7-16(19(24)25)21(13,2)10-8-14(12)20/h12-16,18,22H,4-11H2,1-3H3,(H,24,25). The van der Waals surface area contributed by atoms with E-state index in [-0.39, 0.29) is 22.8 Å². The van der Waals surface area contributed by atoms with Crippen LogP contribution in [0.15, 0.2) is 0 Å². The SMILES string of the molecule is CNC1C(=O)CCC2(C)C1CCC1C3CCC(C(=O)O)C3(C)CCC12. The minimum Gasteiger partial charge on any atom is -0.481 e. The summed E-state index contributed by atoms with van der Waals surface area (Å²) in [6, 6.07) is 0.0309. The molecule has 0 aliphatic heterocycles. The second-order valence-electron chi connectivity index (χ2n) is 9.81. The van der Waals surface area contributed by atoms with Gasteiger partial charge in [0.05, 0.1) is 12.0 Å². The van der Waals surface area contributed by atoms with Gasteiger partial charge in [0, 0.05) is 6.42 Å². The Labute approximate surface area is 151 Å². The molecule has 8 unspecified atom stereocenters. The predicted octanol–water partition coefficient (Wildman–Crippen LogP) is 3.50. The van der Waals surface area contributed by atoms with Crippen LogP contribution in [0.1, 0.15) is 65.2 Å². The van der Waals surface area contributed by atoms with Gasteiger partial charge in [-0.15, -0.1) is 0 Å². The maximum atomic E-state index is 12.4. The molecule has 25 heavy (non-hydrogen) atoms. The Morgan fingerprint density at radius 1 is 1.00 bits per heavy atom. The van der Waals surface area contributed by atoms with Gasteiger partial charge in [-0.1, -0.05) is 13.8 Å². The minimum absolute atomic E-state index is 0.0108. The number of nitrogens with one attached hydrogen (secondary N) is 1. The van der Waals surface area contributed by atoms with E-state index >= 15 is 0 Å². The van der Waals surface area contributed by atoms with Gasteiger partial charge in [-0.2, -0.15) is 0 Å². The topological polar surface area (TPSA) is 66.4 Å². The lowest BCUT2D eigenvalue weighted by Crippen LogP contribution is -2.60. The fourth-order valence-electron chi connectivity index (χ4n) is 7.94. The molecule has 140 valence electrons. The molecule has 0 aromatic heterocycles. The monoisotopic (exact) mass is 347 g/mol. The predicted molar refractivity (Wildman–Crippen MR) is 96.1 cm³/mol. The number of likely N-dealkylation sites (N-methyl/N-ethyl adjacent to an activating group) is 1. The highest BCUT2D eigenvalue weighted by molar-refractivity contribution is 5.85. The van der Waals surface area contributed by atoms with Crippen molar-refractivity contribution in [1.82, 2.24) is 5.32 Å². The number of aliphatic carboxylic acids is 1. The number of hydrogen-bond acceptors (Lipinski definition) is 3. The van der Waals surface area contributed by atoms with E-state index in [0.717, 1.165) is 38.5 Å². The summed E-state index contributed by atoms with van der Waals surface area (Å²) in [6.07, 6.45) is 8.20. The Morgan fingerprint density at radius 3 is 2.36 bits per heavy atom. The third-order valence-corrected chi connectivity index (χ3v) is 9.21. The third kappa shape index (κ3) is 2.28. The van der Waals surface area contributed by atoms with Crippen LogP contribution in [0.4, 0.5) is 0 Å². The maximum Gasteiger partial charge on any atom is 0.307 e. The van der Waals surface area contributed by atoms with Gasteiger partial charge in [-0.05, 0) is 86.5 Å². The number of carboxylic acids is 1. The smallest absolute Gasteiger partial charge is 0.307 e. The zero-order valence-electron chi connectivity index (χ0n) is 15.9. The molecule has 0 aromatic carbocycles. The fourth-order valence-corrected chi connectivity index (χ4v) is 7.94. The molecule has 2 N–H and O–H groups in total. The van der Waals surface area contributed by atoms with E-state index in [1.807, 2.05) is 7.05 Å². The summed E-state index contributed by atoms with van der Waals surface area (Å²) in [4.78, 5) is 24.2. The molecule has 0 saturated heterocycles. The summed E-state index contributed by atoms with van der Waals surface area (Å²) >= 11 is 0. The third-order valence-electron chi connectivity index (χ3n) is 9.21. The van der Waals surface area contributed by atoms with Crippen molar-refractivity contribution in [3.63, 3.8) is 0 Å². The Bertz CT molecular complexity index is 590. The molecule has 4 fully saturated rings. The zero-order valence-corrected chi connectivity index (χ0v) is 15.9. The summed E-state index contributed by atoms with van der Waals surface area (Å²) < 4.78 is 0. The number of carbonyl (C=O) groups is 2. The Balaban J connectivity index is 1.64. The molecular weight excluding hydrogens is 314 g/mol. The van der Waals surface area contributed by atoms with E-state index < -0.39 is 5.97 Å². The molecule has 0 spiro atoms. The molecule has 4 rings (SSSR count). The van der Waals surface area contributed by atoms with Gasteiger partial charge in [-0.25, -0.2) is 0 Å². The molecule has 0 amide bonds. The average molecular weight is 347 g/mol. The van der Waals surface area contributed by atoms with Gasteiger partial charge in [-0.3, -0.25) is 9.59 Å². The number of ketones is 1. The van der Waals surface area contributed by atoms with Gasteiger partial charge in [0.1, 0.15) is 5.78 Å². The molecule has 4 saturated carbocycles. The van der Waals surface area contributed by atoms with E-state index in [1.54, 1.807) is 0 Å². The summed E-state index contributed by atoms with van der Waals surface area (Å²) in [6.45, 7) is 4.70. The van der Waals surface area contributed by atoms with Crippen LogP contribution in [0, 0.1) is 40.4 Å². The first-order chi connectivity index (χ1) is 11.8. The second-order valence-corrected chi connectivity index (χ2v) is 9.81. The van der Waals surface area contributed by atoms with Crippen molar-refractivity contribution in [3.8, 4) is 0 Å². The number of carboxylic acid groups (broad SMARTS) is 1. The van der Waals surface area contributed by atoms with E-state index in [1.165, 1.54) is 6.42 Å². The largest absolute Gasteiger partial charge is 0.481 e. The van der Waals surface area contributed by atoms with Crippen molar-refractivity contribution in [3.05, 3.63) is 0 Å². The van der Waals surface area contributed by atoms with Gasteiger partial charge in [0.2, 0.25) is 0 Å². The first-order valence-corrected chi connectivity index (χ1v) is 10.3. The molecule has 4 aliphatic carbocycles. The van der Waals surface area contributed by atoms with E-state index in [0.29, 0.717) is 35.9 Å². The van der Waals surface area contributed by atoms with Crippen LogP contribution in [0.2, 0.25) is 0 Å². The highest BCUT2D eigenvalue weighted by Gasteiger charge is 2.62. The van der Waals surface area contributed by atoms with Crippen LogP contribution in [-0.4, -0.2) is 29.9 Å². The van der Waals surface area contributed by atoms with Gasteiger partial charge >= 0.3 is 5.97 Å². The van der Waals surface area contributed by atoms with Crippen LogP contribution < -0.4 is 5.32 Å². The second kappa shape index (κ2) is 5.80. The quantitative estimate of drug-likeness (QED) is 0.802. The summed E-state index contributed by atoms with van der Waals surface area (Å²) in [5.41, 5.74) is 0.232. The number of carbonyl (C=O) groups excluding carboxylic acids is 1. The Morgan fingerprint density at radius 2 is 1.68 bits per heavy atom. The number of rotatable bonds is 2. The zero-order chi connectivity index (χ0) is 18.0. The summed E-state index contributed by atoms with van der Waals surface area (Å²) in [7, 11) is 1.94. The van der Waals surface area contributed by atoms with E-state index in [2.05, 4.69) is 19.2 Å². The summed E-state index contributed by atoms with van der Waals surface area (Å²) in [5, 5.41) is 13.0. The molecular formula is C21H33NO3. The lowest BCUT2D eigenvalue weighted by molar-refractivity contribution is -0.156. The number of Topliss-reactive ketones (excluding diaryl/α,β-unsaturated/α-hetero) is 1. The van der Waals surface area contributed by atoms with Crippen molar-refractivity contribution in [1.29, 1.82) is 0 Å². The van der Waals surface area contributed by atoms with Crippen molar-refractivity contribution in [2.75, 3.05) is 7.05 Å². The Hall–Kier alpha value is -0.900. The Kier molecular flexibility index (Phi) is 4.06. The van der Waals surface area contributed by atoms with Gasteiger partial charge in [0.25, 0.3) is 0 Å². The van der Waals surface area contributed by atoms with Crippen LogP contribution in [0.25, 0.3) is 0 Å². The van der Waals surface area contributed by atoms with Gasteiger partial charge < -0.3 is 10.4 Å². The molecule has 0 heterocycles. The van der Waals surface area contributed by atoms with E-state index in [9.17, 15) is 14.7 Å². The van der Waals surface area contributed by atoms with Crippen molar-refractivity contribution >= 4 is 11.8 Å². The van der Waals surface area contributed by atoms with Crippen LogP contribution in [-0.2, 0) is 9.59 Å². The van der Waals surface area contributed by atoms with E-state index in [4.69, 9.17) is 0 Å². The van der Waals surface area contributed by atoms with Crippen molar-refractivity contribution < 1.29 is 14.7 Å². The first kappa shape index (κ1) is 17.5. The first-order valence-electron chi connectivity index (χ1n) is 10.3. The maximum absolute atomic E-state index is 12.4. The summed E-state index contributed by atoms with van der Waals surface area (Å²) in [5.74, 6) is 2.02. The minimum atomic E-state index is -0.582. The van der Waals surface area contributed by atoms with Gasteiger partial charge in [0.15, 0.2) is 0 Å².